The first-order valence-corrected chi connectivity index (χ1v) is 9.58. The van der Waals surface area contributed by atoms with Crippen LogP contribution in [-0.2, 0) is 6.42 Å². The van der Waals surface area contributed by atoms with E-state index in [2.05, 4.69) is 32.4 Å². The van der Waals surface area contributed by atoms with Gasteiger partial charge in [0.1, 0.15) is 5.82 Å². The predicted molar refractivity (Wildman–Crippen MR) is 110 cm³/mol. The molecule has 0 radical (unpaired) electrons. The van der Waals surface area contributed by atoms with Gasteiger partial charge in [0.25, 0.3) is 0 Å². The molecular weight excluding hydrogens is 340 g/mol. The Labute approximate surface area is 160 Å². The lowest BCUT2D eigenvalue weighted by atomic mass is 10.1. The van der Waals surface area contributed by atoms with E-state index in [4.69, 9.17) is 0 Å². The highest BCUT2D eigenvalue weighted by Gasteiger charge is 2.22. The number of hydrogen-bond donors (Lipinski definition) is 2. The minimum atomic E-state index is -0.0499. The molecule has 2 amide bonds. The summed E-state index contributed by atoms with van der Waals surface area (Å²) in [6.07, 6.45) is 0.994. The fourth-order valence-corrected chi connectivity index (χ4v) is 3.12. The number of nitrogens with zero attached hydrogens (tertiary/aromatic N) is 4. The van der Waals surface area contributed by atoms with E-state index >= 15 is 0 Å². The summed E-state index contributed by atoms with van der Waals surface area (Å²) in [5.74, 6) is 1.57. The molecule has 1 fully saturated rings. The standard InChI is InChI=1S/C20H28N6O/c1-4-16-6-8-17(9-7-16)23-20(27)26-12-10-25(11-13-26)18-14-15(3)22-19(24-18)21-5-2/h6-9,14H,4-5,10-13H2,1-3H3,(H,23,27)(H,21,22,24). The van der Waals surface area contributed by atoms with Gasteiger partial charge in [-0.15, -0.1) is 0 Å². The molecule has 1 saturated heterocycles. The van der Waals surface area contributed by atoms with E-state index in [1.165, 1.54) is 5.56 Å². The summed E-state index contributed by atoms with van der Waals surface area (Å²) in [4.78, 5) is 25.6. The van der Waals surface area contributed by atoms with Crippen LogP contribution in [0.4, 0.5) is 22.2 Å². The van der Waals surface area contributed by atoms with E-state index in [-0.39, 0.29) is 6.03 Å². The zero-order valence-electron chi connectivity index (χ0n) is 16.3. The molecule has 7 heteroatoms. The lowest BCUT2D eigenvalue weighted by molar-refractivity contribution is 0.208. The Morgan fingerprint density at radius 1 is 1.07 bits per heavy atom. The average molecular weight is 368 g/mol. The quantitative estimate of drug-likeness (QED) is 0.848. The molecule has 7 nitrogen and oxygen atoms in total. The van der Waals surface area contributed by atoms with Crippen LogP contribution in [0.2, 0.25) is 0 Å². The van der Waals surface area contributed by atoms with Crippen molar-refractivity contribution in [2.45, 2.75) is 27.2 Å². The van der Waals surface area contributed by atoms with E-state index in [1.807, 2.05) is 49.1 Å². The SMILES string of the molecule is CCNc1nc(C)cc(N2CCN(C(=O)Nc3ccc(CC)cc3)CC2)n1. The topological polar surface area (TPSA) is 73.4 Å². The Balaban J connectivity index is 1.57. The molecule has 1 aromatic carbocycles. The van der Waals surface area contributed by atoms with Gasteiger partial charge < -0.3 is 20.4 Å². The number of nitrogens with one attached hydrogen (secondary N) is 2. The van der Waals surface area contributed by atoms with Gasteiger partial charge in [-0.1, -0.05) is 19.1 Å². The van der Waals surface area contributed by atoms with Gasteiger partial charge in [-0.25, -0.2) is 9.78 Å². The largest absolute Gasteiger partial charge is 0.354 e. The van der Waals surface area contributed by atoms with Crippen molar-refractivity contribution in [3.63, 3.8) is 0 Å². The zero-order chi connectivity index (χ0) is 19.2. The third kappa shape index (κ3) is 4.87. The molecule has 3 rings (SSSR count). The van der Waals surface area contributed by atoms with Crippen molar-refractivity contribution < 1.29 is 4.79 Å². The zero-order valence-corrected chi connectivity index (χ0v) is 16.3. The van der Waals surface area contributed by atoms with Crippen molar-refractivity contribution in [3.8, 4) is 0 Å². The van der Waals surface area contributed by atoms with E-state index in [1.54, 1.807) is 0 Å². The number of aromatic nitrogens is 2. The van der Waals surface area contributed by atoms with Gasteiger partial charge in [0.2, 0.25) is 5.95 Å². The van der Waals surface area contributed by atoms with E-state index in [0.29, 0.717) is 19.0 Å². The maximum atomic E-state index is 12.5. The van der Waals surface area contributed by atoms with Crippen LogP contribution in [0.25, 0.3) is 0 Å². The molecule has 0 spiro atoms. The molecule has 27 heavy (non-hydrogen) atoms. The molecule has 0 bridgehead atoms. The van der Waals surface area contributed by atoms with Gasteiger partial charge in [-0.05, 0) is 38.0 Å². The second-order valence-corrected chi connectivity index (χ2v) is 6.68. The highest BCUT2D eigenvalue weighted by atomic mass is 16.2. The number of rotatable bonds is 5. The Hall–Kier alpha value is -2.83. The molecule has 144 valence electrons. The average Bonchev–Trinajstić information content (AvgIpc) is 2.68. The molecule has 0 unspecified atom stereocenters. The molecule has 1 aliphatic heterocycles. The molecule has 0 saturated carbocycles. The molecular formula is C20H28N6O. The van der Waals surface area contributed by atoms with Crippen LogP contribution in [0, 0.1) is 6.92 Å². The monoisotopic (exact) mass is 368 g/mol. The van der Waals surface area contributed by atoms with Crippen molar-refractivity contribution >= 4 is 23.5 Å². The Morgan fingerprint density at radius 3 is 2.41 bits per heavy atom. The van der Waals surface area contributed by atoms with Crippen molar-refractivity contribution in [1.82, 2.24) is 14.9 Å². The van der Waals surface area contributed by atoms with Crippen LogP contribution in [0.3, 0.4) is 0 Å². The normalized spacial score (nSPS) is 14.2. The van der Waals surface area contributed by atoms with Crippen LogP contribution in [-0.4, -0.2) is 53.6 Å². The number of aryl methyl sites for hydroxylation is 2. The third-order valence-electron chi connectivity index (χ3n) is 4.68. The molecule has 2 aromatic rings. The number of carbonyl (C=O) groups excluding carboxylic acids is 1. The van der Waals surface area contributed by atoms with Gasteiger partial charge in [0.15, 0.2) is 0 Å². The Morgan fingerprint density at radius 2 is 1.78 bits per heavy atom. The van der Waals surface area contributed by atoms with Gasteiger partial charge in [-0.3, -0.25) is 0 Å². The minimum Gasteiger partial charge on any atom is -0.354 e. The van der Waals surface area contributed by atoms with Gasteiger partial charge in [0.05, 0.1) is 0 Å². The third-order valence-corrected chi connectivity index (χ3v) is 4.68. The van der Waals surface area contributed by atoms with Crippen molar-refractivity contribution in [1.29, 1.82) is 0 Å². The van der Waals surface area contributed by atoms with Crippen LogP contribution < -0.4 is 15.5 Å². The minimum absolute atomic E-state index is 0.0499. The first kappa shape index (κ1) is 18.9. The van der Waals surface area contributed by atoms with Gasteiger partial charge >= 0.3 is 6.03 Å². The lowest BCUT2D eigenvalue weighted by Gasteiger charge is -2.35. The first-order chi connectivity index (χ1) is 13.1. The number of amides is 2. The fourth-order valence-electron chi connectivity index (χ4n) is 3.12. The Kier molecular flexibility index (Phi) is 6.11. The smallest absolute Gasteiger partial charge is 0.321 e. The van der Waals surface area contributed by atoms with Gasteiger partial charge in [0, 0.05) is 50.2 Å². The summed E-state index contributed by atoms with van der Waals surface area (Å²) in [5.41, 5.74) is 3.03. The molecule has 0 aliphatic carbocycles. The number of piperazine rings is 1. The van der Waals surface area contributed by atoms with E-state index in [0.717, 1.165) is 43.3 Å². The number of benzene rings is 1. The van der Waals surface area contributed by atoms with Crippen molar-refractivity contribution in [2.75, 3.05) is 48.3 Å². The predicted octanol–water partition coefficient (Wildman–Crippen LogP) is 3.13. The highest BCUT2D eigenvalue weighted by Crippen LogP contribution is 2.18. The first-order valence-electron chi connectivity index (χ1n) is 9.58. The summed E-state index contributed by atoms with van der Waals surface area (Å²) in [7, 11) is 0. The van der Waals surface area contributed by atoms with Crippen molar-refractivity contribution in [2.24, 2.45) is 0 Å². The number of urea groups is 1. The molecule has 2 heterocycles. The molecule has 2 N–H and O–H groups in total. The van der Waals surface area contributed by atoms with Crippen molar-refractivity contribution in [3.05, 3.63) is 41.6 Å². The van der Waals surface area contributed by atoms with Crippen LogP contribution in [0.5, 0.6) is 0 Å². The number of carbonyl (C=O) groups is 1. The Bertz CT molecular complexity index is 769. The van der Waals surface area contributed by atoms with Crippen LogP contribution >= 0.6 is 0 Å². The van der Waals surface area contributed by atoms with Crippen LogP contribution in [0.15, 0.2) is 30.3 Å². The summed E-state index contributed by atoms with van der Waals surface area (Å²) >= 11 is 0. The molecule has 1 aromatic heterocycles. The summed E-state index contributed by atoms with van der Waals surface area (Å²) in [6, 6.07) is 9.95. The van der Waals surface area contributed by atoms with E-state index < -0.39 is 0 Å². The van der Waals surface area contributed by atoms with Crippen LogP contribution in [0.1, 0.15) is 25.1 Å². The number of hydrogen-bond acceptors (Lipinski definition) is 5. The summed E-state index contributed by atoms with van der Waals surface area (Å²) in [6.45, 7) is 9.74. The maximum Gasteiger partial charge on any atom is 0.321 e. The number of anilines is 3. The summed E-state index contributed by atoms with van der Waals surface area (Å²) in [5, 5.41) is 6.15. The molecule has 1 aliphatic rings. The summed E-state index contributed by atoms with van der Waals surface area (Å²) < 4.78 is 0. The van der Waals surface area contributed by atoms with E-state index in [9.17, 15) is 4.79 Å². The lowest BCUT2D eigenvalue weighted by Crippen LogP contribution is -2.50. The highest BCUT2D eigenvalue weighted by molar-refractivity contribution is 5.89. The fraction of sp³-hybridized carbons (Fsp3) is 0.450. The second-order valence-electron chi connectivity index (χ2n) is 6.68. The molecule has 0 atom stereocenters. The van der Waals surface area contributed by atoms with Gasteiger partial charge in [-0.2, -0.15) is 4.98 Å². The maximum absolute atomic E-state index is 12.5. The second kappa shape index (κ2) is 8.70.